The van der Waals surface area contributed by atoms with Gasteiger partial charge < -0.3 is 0 Å². The number of hydrogen-bond donors (Lipinski definition) is 0. The van der Waals surface area contributed by atoms with E-state index in [1.54, 1.807) is 0 Å². The summed E-state index contributed by atoms with van der Waals surface area (Å²) in [5.74, 6) is 2.95. The van der Waals surface area contributed by atoms with Gasteiger partial charge >= 0.3 is 0 Å². The standard InChI is InChI=1S/C7H10/c1-4-6-7(3)5-2/h2,4,7H,1,6H2,3H3. The third-order valence-corrected chi connectivity index (χ3v) is 0.805. The molecule has 0 aliphatic carbocycles. The van der Waals surface area contributed by atoms with Crippen molar-refractivity contribution in [1.29, 1.82) is 0 Å². The topological polar surface area (TPSA) is 0 Å². The Balaban J connectivity index is 3.21. The predicted molar refractivity (Wildman–Crippen MR) is 32.8 cm³/mol. The summed E-state index contributed by atoms with van der Waals surface area (Å²) in [6, 6.07) is 0. The van der Waals surface area contributed by atoms with Crippen LogP contribution in [-0.4, -0.2) is 0 Å². The molecule has 0 spiro atoms. The van der Waals surface area contributed by atoms with Gasteiger partial charge in [-0.3, -0.25) is 0 Å². The Bertz CT molecular complexity index is 84.7. The average molecular weight is 94.2 g/mol. The molecule has 0 radical (unpaired) electrons. The molecule has 1 atom stereocenters. The van der Waals surface area contributed by atoms with Crippen LogP contribution in [0.4, 0.5) is 0 Å². The number of hydrogen-bond acceptors (Lipinski definition) is 0. The number of allylic oxidation sites excluding steroid dienone is 1. The fourth-order valence-corrected chi connectivity index (χ4v) is 0.318. The van der Waals surface area contributed by atoms with Crippen molar-refractivity contribution in [3.8, 4) is 12.3 Å². The van der Waals surface area contributed by atoms with Gasteiger partial charge in [-0.15, -0.1) is 18.9 Å². The zero-order valence-electron chi connectivity index (χ0n) is 4.65. The van der Waals surface area contributed by atoms with Crippen molar-refractivity contribution < 1.29 is 0 Å². The van der Waals surface area contributed by atoms with Crippen LogP contribution in [0.5, 0.6) is 0 Å². The lowest BCUT2D eigenvalue weighted by molar-refractivity contribution is 0.775. The second kappa shape index (κ2) is 3.49. The van der Waals surface area contributed by atoms with Crippen LogP contribution in [0.1, 0.15) is 13.3 Å². The second-order valence-electron chi connectivity index (χ2n) is 1.59. The molecule has 0 saturated heterocycles. The van der Waals surface area contributed by atoms with E-state index < -0.39 is 0 Å². The minimum absolute atomic E-state index is 0.359. The summed E-state index contributed by atoms with van der Waals surface area (Å²) < 4.78 is 0. The maximum absolute atomic E-state index is 5.06. The quantitative estimate of drug-likeness (QED) is 0.362. The first-order valence-corrected chi connectivity index (χ1v) is 2.38. The second-order valence-corrected chi connectivity index (χ2v) is 1.59. The van der Waals surface area contributed by atoms with Crippen LogP contribution in [0.15, 0.2) is 12.7 Å². The minimum Gasteiger partial charge on any atom is -0.120 e. The number of rotatable bonds is 2. The summed E-state index contributed by atoms with van der Waals surface area (Å²) in [5, 5.41) is 0. The van der Waals surface area contributed by atoms with Gasteiger partial charge in [0.25, 0.3) is 0 Å². The van der Waals surface area contributed by atoms with Gasteiger partial charge in [0.2, 0.25) is 0 Å². The lowest BCUT2D eigenvalue weighted by Gasteiger charge is -1.92. The first-order chi connectivity index (χ1) is 3.31. The van der Waals surface area contributed by atoms with Crippen LogP contribution in [-0.2, 0) is 0 Å². The molecule has 0 heteroatoms. The molecule has 0 heterocycles. The molecule has 0 saturated carbocycles. The van der Waals surface area contributed by atoms with Crippen molar-refractivity contribution in [3.63, 3.8) is 0 Å². The van der Waals surface area contributed by atoms with Gasteiger partial charge in [0.15, 0.2) is 0 Å². The molecule has 0 nitrogen and oxygen atoms in total. The molecule has 0 aliphatic rings. The number of terminal acetylenes is 1. The summed E-state index contributed by atoms with van der Waals surface area (Å²) >= 11 is 0. The van der Waals surface area contributed by atoms with Crippen molar-refractivity contribution in [2.45, 2.75) is 13.3 Å². The molecular formula is C7H10. The van der Waals surface area contributed by atoms with E-state index in [1.165, 1.54) is 0 Å². The maximum atomic E-state index is 5.06. The zero-order valence-corrected chi connectivity index (χ0v) is 4.65. The maximum Gasteiger partial charge on any atom is 0.0206 e. The molecule has 0 aromatic heterocycles. The van der Waals surface area contributed by atoms with Crippen molar-refractivity contribution in [1.82, 2.24) is 0 Å². The van der Waals surface area contributed by atoms with Gasteiger partial charge in [0.1, 0.15) is 0 Å². The molecule has 0 fully saturated rings. The van der Waals surface area contributed by atoms with Crippen LogP contribution >= 0.6 is 0 Å². The third-order valence-electron chi connectivity index (χ3n) is 0.805. The van der Waals surface area contributed by atoms with Gasteiger partial charge in [-0.1, -0.05) is 13.0 Å². The lowest BCUT2D eigenvalue weighted by atomic mass is 10.1. The van der Waals surface area contributed by atoms with Gasteiger partial charge in [0.05, 0.1) is 0 Å². The van der Waals surface area contributed by atoms with Gasteiger partial charge in [-0.05, 0) is 6.42 Å². The molecule has 0 aliphatic heterocycles. The highest BCUT2D eigenvalue weighted by Gasteiger charge is 1.87. The van der Waals surface area contributed by atoms with E-state index >= 15 is 0 Å². The lowest BCUT2D eigenvalue weighted by Crippen LogP contribution is -1.83. The van der Waals surface area contributed by atoms with Crippen molar-refractivity contribution in [3.05, 3.63) is 12.7 Å². The Morgan fingerprint density at radius 2 is 2.57 bits per heavy atom. The average Bonchev–Trinajstić information content (AvgIpc) is 1.68. The molecule has 0 aromatic carbocycles. The van der Waals surface area contributed by atoms with Crippen molar-refractivity contribution >= 4 is 0 Å². The molecule has 0 bridgehead atoms. The van der Waals surface area contributed by atoms with Crippen molar-refractivity contribution in [2.24, 2.45) is 5.92 Å². The van der Waals surface area contributed by atoms with E-state index in [4.69, 9.17) is 6.42 Å². The van der Waals surface area contributed by atoms with E-state index in [-0.39, 0.29) is 0 Å². The van der Waals surface area contributed by atoms with Gasteiger partial charge in [-0.25, -0.2) is 0 Å². The Labute approximate surface area is 45.2 Å². The Morgan fingerprint density at radius 1 is 2.00 bits per heavy atom. The highest BCUT2D eigenvalue weighted by Crippen LogP contribution is 1.97. The van der Waals surface area contributed by atoms with Gasteiger partial charge in [0, 0.05) is 5.92 Å². The summed E-state index contributed by atoms with van der Waals surface area (Å²) in [6.07, 6.45) is 7.83. The summed E-state index contributed by atoms with van der Waals surface area (Å²) in [4.78, 5) is 0. The van der Waals surface area contributed by atoms with E-state index in [0.29, 0.717) is 5.92 Å². The molecule has 0 N–H and O–H groups in total. The van der Waals surface area contributed by atoms with E-state index in [2.05, 4.69) is 12.5 Å². The SMILES string of the molecule is C#CC(C)CC=C. The zero-order chi connectivity index (χ0) is 5.70. The van der Waals surface area contributed by atoms with E-state index in [9.17, 15) is 0 Å². The first-order valence-electron chi connectivity index (χ1n) is 2.38. The fourth-order valence-electron chi connectivity index (χ4n) is 0.318. The molecule has 0 rings (SSSR count). The van der Waals surface area contributed by atoms with Crippen molar-refractivity contribution in [2.75, 3.05) is 0 Å². The Kier molecular flexibility index (Phi) is 3.14. The summed E-state index contributed by atoms with van der Waals surface area (Å²) in [7, 11) is 0. The smallest absolute Gasteiger partial charge is 0.0206 e. The van der Waals surface area contributed by atoms with Crippen LogP contribution in [0, 0.1) is 18.3 Å². The summed E-state index contributed by atoms with van der Waals surface area (Å²) in [5.41, 5.74) is 0. The van der Waals surface area contributed by atoms with Gasteiger partial charge in [-0.2, -0.15) is 0 Å². The molecule has 0 amide bonds. The molecule has 1 unspecified atom stereocenters. The highest BCUT2D eigenvalue weighted by atomic mass is 13.9. The van der Waals surface area contributed by atoms with E-state index in [0.717, 1.165) is 6.42 Å². The molecule has 7 heavy (non-hydrogen) atoms. The Hall–Kier alpha value is -0.700. The normalized spacial score (nSPS) is 12.0. The predicted octanol–water partition coefficient (Wildman–Crippen LogP) is 1.83. The first kappa shape index (κ1) is 6.30. The van der Waals surface area contributed by atoms with Crippen LogP contribution in [0.2, 0.25) is 0 Å². The van der Waals surface area contributed by atoms with Crippen LogP contribution in [0.3, 0.4) is 0 Å². The molecule has 0 aromatic rings. The fraction of sp³-hybridized carbons (Fsp3) is 0.429. The minimum atomic E-state index is 0.359. The van der Waals surface area contributed by atoms with E-state index in [1.807, 2.05) is 13.0 Å². The largest absolute Gasteiger partial charge is 0.120 e. The van der Waals surface area contributed by atoms with Crippen LogP contribution < -0.4 is 0 Å². The summed E-state index contributed by atoms with van der Waals surface area (Å²) in [6.45, 7) is 5.55. The molecular weight excluding hydrogens is 84.1 g/mol. The van der Waals surface area contributed by atoms with Crippen LogP contribution in [0.25, 0.3) is 0 Å². The molecule has 38 valence electrons. The third kappa shape index (κ3) is 3.12. The monoisotopic (exact) mass is 94.1 g/mol. The Morgan fingerprint density at radius 3 is 2.71 bits per heavy atom. The highest BCUT2D eigenvalue weighted by molar-refractivity contribution is 4.93.